The second-order valence-electron chi connectivity index (χ2n) is 8.41. The Bertz CT molecular complexity index is 1130. The maximum absolute atomic E-state index is 12.9. The molecular formula is C21H24ClN5O3S. The van der Waals surface area contributed by atoms with E-state index in [2.05, 4.69) is 20.7 Å². The van der Waals surface area contributed by atoms with Gasteiger partial charge in [0.15, 0.2) is 16.5 Å². The van der Waals surface area contributed by atoms with Crippen molar-refractivity contribution in [2.45, 2.75) is 45.3 Å². The number of carbonyl (C=O) groups is 2. The van der Waals surface area contributed by atoms with E-state index in [9.17, 15) is 9.59 Å². The number of ether oxygens (including phenoxy) is 1. The Morgan fingerprint density at radius 2 is 2.13 bits per heavy atom. The van der Waals surface area contributed by atoms with Crippen LogP contribution in [-0.4, -0.2) is 45.8 Å². The molecule has 1 aliphatic rings. The third-order valence-electron chi connectivity index (χ3n) is 4.90. The van der Waals surface area contributed by atoms with Gasteiger partial charge in [0.2, 0.25) is 0 Å². The molecule has 10 heteroatoms. The zero-order chi connectivity index (χ0) is 22.2. The summed E-state index contributed by atoms with van der Waals surface area (Å²) in [4.78, 5) is 30.0. The Labute approximate surface area is 188 Å². The van der Waals surface area contributed by atoms with Gasteiger partial charge in [0.25, 0.3) is 11.8 Å². The average Bonchev–Trinajstić information content (AvgIpc) is 3.42. The summed E-state index contributed by atoms with van der Waals surface area (Å²) in [6.45, 7) is 7.12. The first-order chi connectivity index (χ1) is 14.7. The molecule has 2 N–H and O–H groups in total. The number of hydrogen-bond acceptors (Lipinski definition) is 6. The summed E-state index contributed by atoms with van der Waals surface area (Å²) in [5.41, 5.74) is 0.886. The quantitative estimate of drug-likeness (QED) is 0.597. The SMILES string of the molecule is CC(C)(C)n1nc(C(=O)NCC2CCCO2)c2sc(NC(=O)c3cccc(Cl)c3)nc21. The fourth-order valence-corrected chi connectivity index (χ4v) is 4.48. The van der Waals surface area contributed by atoms with Gasteiger partial charge in [-0.05, 0) is 51.8 Å². The molecule has 2 amide bonds. The highest BCUT2D eigenvalue weighted by Crippen LogP contribution is 2.32. The molecule has 31 heavy (non-hydrogen) atoms. The highest BCUT2D eigenvalue weighted by molar-refractivity contribution is 7.22. The van der Waals surface area contributed by atoms with Gasteiger partial charge >= 0.3 is 0 Å². The monoisotopic (exact) mass is 461 g/mol. The lowest BCUT2D eigenvalue weighted by Crippen LogP contribution is -2.32. The molecule has 1 unspecified atom stereocenters. The second-order valence-corrected chi connectivity index (χ2v) is 9.85. The van der Waals surface area contributed by atoms with Crippen molar-refractivity contribution in [1.82, 2.24) is 20.1 Å². The van der Waals surface area contributed by atoms with Crippen molar-refractivity contribution in [2.24, 2.45) is 0 Å². The minimum atomic E-state index is -0.395. The van der Waals surface area contributed by atoms with Crippen LogP contribution >= 0.6 is 22.9 Å². The van der Waals surface area contributed by atoms with Gasteiger partial charge in [-0.15, -0.1) is 0 Å². The van der Waals surface area contributed by atoms with Gasteiger partial charge in [-0.25, -0.2) is 4.68 Å². The standard InChI is InChI=1S/C21H24ClN5O3S/c1-21(2,3)27-17-16(15(26-27)19(29)23-11-14-8-5-9-30-14)31-20(24-17)25-18(28)12-6-4-7-13(22)10-12/h4,6-7,10,14H,5,8-9,11H2,1-3H3,(H,23,29)(H,24,25,28). The number of nitrogens with one attached hydrogen (secondary N) is 2. The lowest BCUT2D eigenvalue weighted by Gasteiger charge is -2.19. The number of thiazole rings is 1. The Balaban J connectivity index is 1.61. The largest absolute Gasteiger partial charge is 0.376 e. The molecule has 0 saturated carbocycles. The zero-order valence-corrected chi connectivity index (χ0v) is 19.1. The smallest absolute Gasteiger partial charge is 0.273 e. The van der Waals surface area contributed by atoms with Gasteiger partial charge in [0, 0.05) is 23.7 Å². The summed E-state index contributed by atoms with van der Waals surface area (Å²) in [6.07, 6.45) is 1.98. The number of rotatable bonds is 5. The van der Waals surface area contributed by atoms with E-state index in [1.807, 2.05) is 20.8 Å². The van der Waals surface area contributed by atoms with Crippen LogP contribution in [0.1, 0.15) is 54.5 Å². The molecule has 1 fully saturated rings. The molecule has 1 atom stereocenters. The van der Waals surface area contributed by atoms with Crippen molar-refractivity contribution < 1.29 is 14.3 Å². The van der Waals surface area contributed by atoms with E-state index in [4.69, 9.17) is 16.3 Å². The summed E-state index contributed by atoms with van der Waals surface area (Å²) < 4.78 is 7.92. The highest BCUT2D eigenvalue weighted by Gasteiger charge is 2.28. The fourth-order valence-electron chi connectivity index (χ4n) is 3.37. The molecule has 0 bridgehead atoms. The van der Waals surface area contributed by atoms with Crippen LogP contribution in [0.25, 0.3) is 10.3 Å². The molecule has 1 saturated heterocycles. The first-order valence-corrected chi connectivity index (χ1v) is 11.3. The lowest BCUT2D eigenvalue weighted by molar-refractivity contribution is 0.0853. The van der Waals surface area contributed by atoms with Crippen molar-refractivity contribution in [3.05, 3.63) is 40.5 Å². The number of aromatic nitrogens is 3. The molecule has 2 aromatic heterocycles. The number of halogens is 1. The number of nitrogens with zero attached hydrogens (tertiary/aromatic N) is 3. The average molecular weight is 462 g/mol. The molecule has 8 nitrogen and oxygen atoms in total. The van der Waals surface area contributed by atoms with Crippen LogP contribution in [0.15, 0.2) is 24.3 Å². The maximum Gasteiger partial charge on any atom is 0.273 e. The molecule has 4 rings (SSSR count). The van der Waals surface area contributed by atoms with Crippen LogP contribution in [0.5, 0.6) is 0 Å². The molecule has 1 aromatic carbocycles. The third kappa shape index (κ3) is 4.73. The Morgan fingerprint density at radius 1 is 1.32 bits per heavy atom. The fraction of sp³-hybridized carbons (Fsp3) is 0.429. The number of anilines is 1. The predicted molar refractivity (Wildman–Crippen MR) is 121 cm³/mol. The van der Waals surface area contributed by atoms with Crippen molar-refractivity contribution in [3.63, 3.8) is 0 Å². The summed E-state index contributed by atoms with van der Waals surface area (Å²) in [6, 6.07) is 6.68. The second kappa shape index (κ2) is 8.57. The topological polar surface area (TPSA) is 98.1 Å². The Morgan fingerprint density at radius 3 is 2.81 bits per heavy atom. The summed E-state index contributed by atoms with van der Waals surface area (Å²) >= 11 is 7.21. The molecule has 3 heterocycles. The van der Waals surface area contributed by atoms with E-state index in [0.717, 1.165) is 19.4 Å². The van der Waals surface area contributed by atoms with E-state index < -0.39 is 5.54 Å². The lowest BCUT2D eigenvalue weighted by atomic mass is 10.1. The van der Waals surface area contributed by atoms with E-state index >= 15 is 0 Å². The Hall–Kier alpha value is -2.49. The predicted octanol–water partition coefficient (Wildman–Crippen LogP) is 4.06. The van der Waals surface area contributed by atoms with Crippen LogP contribution in [0.3, 0.4) is 0 Å². The molecule has 0 aliphatic carbocycles. The number of amides is 2. The van der Waals surface area contributed by atoms with Gasteiger partial charge in [-0.3, -0.25) is 14.9 Å². The summed E-state index contributed by atoms with van der Waals surface area (Å²) in [7, 11) is 0. The molecule has 0 spiro atoms. The first-order valence-electron chi connectivity index (χ1n) is 10.1. The summed E-state index contributed by atoms with van der Waals surface area (Å²) in [5.74, 6) is -0.599. The van der Waals surface area contributed by atoms with Gasteiger partial charge in [0.05, 0.1) is 11.6 Å². The summed E-state index contributed by atoms with van der Waals surface area (Å²) in [5, 5.41) is 11.1. The molecule has 1 aliphatic heterocycles. The van der Waals surface area contributed by atoms with Gasteiger partial charge in [-0.2, -0.15) is 10.1 Å². The molecular weight excluding hydrogens is 438 g/mol. The van der Waals surface area contributed by atoms with Gasteiger partial charge in [-0.1, -0.05) is 29.0 Å². The zero-order valence-electron chi connectivity index (χ0n) is 17.6. The number of benzene rings is 1. The Kier molecular flexibility index (Phi) is 6.00. The van der Waals surface area contributed by atoms with Crippen molar-refractivity contribution >= 4 is 50.2 Å². The van der Waals surface area contributed by atoms with Crippen molar-refractivity contribution in [2.75, 3.05) is 18.5 Å². The number of carbonyl (C=O) groups excluding carboxylic acids is 2. The van der Waals surface area contributed by atoms with Crippen molar-refractivity contribution in [3.8, 4) is 0 Å². The van der Waals surface area contributed by atoms with Crippen LogP contribution in [0.2, 0.25) is 5.02 Å². The van der Waals surface area contributed by atoms with Crippen molar-refractivity contribution in [1.29, 1.82) is 0 Å². The normalized spacial score (nSPS) is 16.6. The first kappa shape index (κ1) is 21.7. The maximum atomic E-state index is 12.9. The minimum Gasteiger partial charge on any atom is -0.376 e. The highest BCUT2D eigenvalue weighted by atomic mass is 35.5. The number of fused-ring (bicyclic) bond motifs is 1. The van der Waals surface area contributed by atoms with E-state index in [0.29, 0.717) is 38.3 Å². The van der Waals surface area contributed by atoms with Crippen LogP contribution < -0.4 is 10.6 Å². The van der Waals surface area contributed by atoms with Gasteiger partial charge < -0.3 is 10.1 Å². The van der Waals surface area contributed by atoms with Gasteiger partial charge in [0.1, 0.15) is 4.70 Å². The minimum absolute atomic E-state index is 0.0400. The van der Waals surface area contributed by atoms with E-state index in [-0.39, 0.29) is 17.9 Å². The number of hydrogen-bond donors (Lipinski definition) is 2. The van der Waals surface area contributed by atoms with E-state index in [1.54, 1.807) is 28.9 Å². The third-order valence-corrected chi connectivity index (χ3v) is 6.10. The van der Waals surface area contributed by atoms with Crippen LogP contribution in [0, 0.1) is 0 Å². The molecule has 0 radical (unpaired) electrons. The molecule has 3 aromatic rings. The van der Waals surface area contributed by atoms with Crippen LogP contribution in [0.4, 0.5) is 5.13 Å². The van der Waals surface area contributed by atoms with E-state index in [1.165, 1.54) is 11.3 Å². The van der Waals surface area contributed by atoms with Crippen LogP contribution in [-0.2, 0) is 10.3 Å². The molecule has 164 valence electrons.